The molecule has 8 nitrogen and oxygen atoms in total. The predicted octanol–water partition coefficient (Wildman–Crippen LogP) is 3.36. The van der Waals surface area contributed by atoms with Gasteiger partial charge in [0, 0.05) is 17.8 Å². The maximum atomic E-state index is 12.4. The number of ether oxygens (including phenoxy) is 2. The molecule has 0 unspecified atom stereocenters. The van der Waals surface area contributed by atoms with Crippen molar-refractivity contribution in [2.45, 2.75) is 0 Å². The van der Waals surface area contributed by atoms with E-state index in [0.717, 1.165) is 0 Å². The third-order valence-electron chi connectivity index (χ3n) is 3.84. The highest BCUT2D eigenvalue weighted by Gasteiger charge is 2.11. The summed E-state index contributed by atoms with van der Waals surface area (Å²) in [6.07, 6.45) is 1.30. The zero-order valence-electron chi connectivity index (χ0n) is 15.3. The number of nitrogens with zero attached hydrogens (tertiary/aromatic N) is 3. The van der Waals surface area contributed by atoms with Crippen LogP contribution in [0.2, 0.25) is 0 Å². The number of rotatable bonds is 6. The van der Waals surface area contributed by atoms with Crippen LogP contribution in [0.3, 0.4) is 0 Å². The molecular formula is C20H17N5O3. The highest BCUT2D eigenvalue weighted by molar-refractivity contribution is 6.03. The molecule has 0 radical (unpaired) electrons. The number of methoxy groups -OCH3 is 2. The molecule has 0 aliphatic rings. The second-order valence-corrected chi connectivity index (χ2v) is 5.62. The van der Waals surface area contributed by atoms with Crippen LogP contribution in [-0.4, -0.2) is 30.1 Å². The first-order valence-corrected chi connectivity index (χ1v) is 8.25. The smallest absolute Gasteiger partial charge is 0.274 e. The molecule has 1 amide bonds. The molecule has 1 aromatic heterocycles. The van der Waals surface area contributed by atoms with Gasteiger partial charge in [0.25, 0.3) is 5.91 Å². The Bertz CT molecular complexity index is 1030. The normalized spacial score (nSPS) is 9.89. The number of nitrogens with one attached hydrogen (secondary N) is 2. The molecule has 3 aromatic rings. The van der Waals surface area contributed by atoms with Gasteiger partial charge in [0.2, 0.25) is 0 Å². The van der Waals surface area contributed by atoms with E-state index < -0.39 is 5.91 Å². The zero-order chi connectivity index (χ0) is 19.9. The Morgan fingerprint density at radius 1 is 1.04 bits per heavy atom. The lowest BCUT2D eigenvalue weighted by Gasteiger charge is -2.12. The topological polar surface area (TPSA) is 109 Å². The van der Waals surface area contributed by atoms with Gasteiger partial charge < -0.3 is 20.1 Å². The van der Waals surface area contributed by atoms with Gasteiger partial charge in [-0.3, -0.25) is 4.79 Å². The van der Waals surface area contributed by atoms with E-state index in [1.54, 1.807) is 56.7 Å². The molecule has 0 aliphatic carbocycles. The van der Waals surface area contributed by atoms with Gasteiger partial charge in [-0.1, -0.05) is 0 Å². The van der Waals surface area contributed by atoms with Crippen molar-refractivity contribution in [1.29, 1.82) is 5.26 Å². The summed E-state index contributed by atoms with van der Waals surface area (Å²) in [6, 6.07) is 15.4. The van der Waals surface area contributed by atoms with Crippen molar-refractivity contribution in [2.24, 2.45) is 0 Å². The fourth-order valence-corrected chi connectivity index (χ4v) is 2.41. The minimum atomic E-state index is -0.392. The molecule has 1 heterocycles. The minimum absolute atomic E-state index is 0.189. The second kappa shape index (κ2) is 8.51. The molecule has 2 aromatic carbocycles. The molecular weight excluding hydrogens is 358 g/mol. The van der Waals surface area contributed by atoms with E-state index in [9.17, 15) is 4.79 Å². The lowest BCUT2D eigenvalue weighted by Crippen LogP contribution is -2.14. The van der Waals surface area contributed by atoms with Crippen molar-refractivity contribution in [1.82, 2.24) is 9.97 Å². The molecule has 0 spiro atoms. The van der Waals surface area contributed by atoms with Crippen LogP contribution in [0.1, 0.15) is 16.1 Å². The molecule has 0 fully saturated rings. The summed E-state index contributed by atoms with van der Waals surface area (Å²) in [6.45, 7) is 0. The number of anilines is 3. The van der Waals surface area contributed by atoms with Gasteiger partial charge in [-0.15, -0.1) is 0 Å². The monoisotopic (exact) mass is 375 g/mol. The lowest BCUT2D eigenvalue weighted by atomic mass is 10.2. The van der Waals surface area contributed by atoms with Gasteiger partial charge >= 0.3 is 0 Å². The Labute approximate surface area is 161 Å². The van der Waals surface area contributed by atoms with E-state index in [4.69, 9.17) is 14.7 Å². The maximum absolute atomic E-state index is 12.4. The van der Waals surface area contributed by atoms with Gasteiger partial charge in [0.15, 0.2) is 0 Å². The third-order valence-corrected chi connectivity index (χ3v) is 3.84. The number of benzene rings is 2. The van der Waals surface area contributed by atoms with E-state index in [0.29, 0.717) is 34.3 Å². The van der Waals surface area contributed by atoms with Gasteiger partial charge in [0.1, 0.15) is 29.3 Å². The van der Waals surface area contributed by atoms with Gasteiger partial charge in [-0.25, -0.2) is 9.97 Å². The maximum Gasteiger partial charge on any atom is 0.274 e. The number of nitriles is 1. The third kappa shape index (κ3) is 4.34. The van der Waals surface area contributed by atoms with Crippen LogP contribution in [0, 0.1) is 11.3 Å². The molecule has 0 saturated carbocycles. The SMILES string of the molecule is COc1ccc(Nc2cc(C(=O)Nc3ccc(C#N)cc3)ncn2)c(OC)c1. The highest BCUT2D eigenvalue weighted by Crippen LogP contribution is 2.31. The Morgan fingerprint density at radius 3 is 2.50 bits per heavy atom. The number of hydrogen-bond acceptors (Lipinski definition) is 7. The highest BCUT2D eigenvalue weighted by atomic mass is 16.5. The van der Waals surface area contributed by atoms with Crippen LogP contribution >= 0.6 is 0 Å². The number of carbonyl (C=O) groups is 1. The molecule has 3 rings (SSSR count). The number of hydrogen-bond donors (Lipinski definition) is 2. The largest absolute Gasteiger partial charge is 0.497 e. The number of amides is 1. The van der Waals surface area contributed by atoms with E-state index in [2.05, 4.69) is 20.6 Å². The quantitative estimate of drug-likeness (QED) is 0.680. The summed E-state index contributed by atoms with van der Waals surface area (Å²) < 4.78 is 10.5. The van der Waals surface area contributed by atoms with Crippen LogP contribution in [0.25, 0.3) is 0 Å². The number of carbonyl (C=O) groups excluding carboxylic acids is 1. The summed E-state index contributed by atoms with van der Waals surface area (Å²) in [5.74, 6) is 1.27. The van der Waals surface area contributed by atoms with E-state index in [1.165, 1.54) is 12.4 Å². The van der Waals surface area contributed by atoms with Gasteiger partial charge in [-0.2, -0.15) is 5.26 Å². The second-order valence-electron chi connectivity index (χ2n) is 5.62. The molecule has 2 N–H and O–H groups in total. The van der Waals surface area contributed by atoms with Crippen molar-refractivity contribution >= 4 is 23.1 Å². The van der Waals surface area contributed by atoms with E-state index >= 15 is 0 Å². The van der Waals surface area contributed by atoms with Crippen molar-refractivity contribution in [3.63, 3.8) is 0 Å². The first kappa shape index (κ1) is 18.7. The zero-order valence-corrected chi connectivity index (χ0v) is 15.3. The molecule has 28 heavy (non-hydrogen) atoms. The summed E-state index contributed by atoms with van der Waals surface area (Å²) in [5, 5.41) is 14.7. The standard InChI is InChI=1S/C20H17N5O3/c1-27-15-7-8-16(18(9-15)28-2)25-19-10-17(22-12-23-19)20(26)24-14-5-3-13(11-21)4-6-14/h3-10,12H,1-2H3,(H,24,26)(H,22,23,25). The Morgan fingerprint density at radius 2 is 1.82 bits per heavy atom. The Balaban J connectivity index is 1.76. The summed E-state index contributed by atoms with van der Waals surface area (Å²) in [4.78, 5) is 20.6. The fraction of sp³-hybridized carbons (Fsp3) is 0.100. The number of aromatic nitrogens is 2. The lowest BCUT2D eigenvalue weighted by molar-refractivity contribution is 0.102. The average molecular weight is 375 g/mol. The first-order valence-electron chi connectivity index (χ1n) is 8.25. The van der Waals surface area contributed by atoms with Crippen LogP contribution in [-0.2, 0) is 0 Å². The van der Waals surface area contributed by atoms with E-state index in [-0.39, 0.29) is 5.69 Å². The summed E-state index contributed by atoms with van der Waals surface area (Å²) in [7, 11) is 3.13. The van der Waals surface area contributed by atoms with Crippen LogP contribution in [0.5, 0.6) is 11.5 Å². The van der Waals surface area contributed by atoms with E-state index in [1.807, 2.05) is 6.07 Å². The Hall–Kier alpha value is -4.12. The molecule has 8 heteroatoms. The summed E-state index contributed by atoms with van der Waals surface area (Å²) >= 11 is 0. The molecule has 0 bridgehead atoms. The minimum Gasteiger partial charge on any atom is -0.497 e. The van der Waals surface area contributed by atoms with Gasteiger partial charge in [-0.05, 0) is 36.4 Å². The molecule has 0 aliphatic heterocycles. The molecule has 0 saturated heterocycles. The van der Waals surface area contributed by atoms with Crippen molar-refractivity contribution in [3.05, 3.63) is 66.1 Å². The average Bonchev–Trinajstić information content (AvgIpc) is 2.74. The Kier molecular flexibility index (Phi) is 5.67. The molecule has 140 valence electrons. The van der Waals surface area contributed by atoms with Gasteiger partial charge in [0.05, 0.1) is 31.5 Å². The van der Waals surface area contributed by atoms with Crippen LogP contribution in [0.15, 0.2) is 54.9 Å². The van der Waals surface area contributed by atoms with Crippen LogP contribution < -0.4 is 20.1 Å². The van der Waals surface area contributed by atoms with Crippen molar-refractivity contribution < 1.29 is 14.3 Å². The first-order chi connectivity index (χ1) is 13.6. The van der Waals surface area contributed by atoms with Crippen LogP contribution in [0.4, 0.5) is 17.2 Å². The predicted molar refractivity (Wildman–Crippen MR) is 104 cm³/mol. The fourth-order valence-electron chi connectivity index (χ4n) is 2.41. The summed E-state index contributed by atoms with van der Waals surface area (Å²) in [5.41, 5.74) is 1.93. The molecule has 0 atom stereocenters. The van der Waals surface area contributed by atoms with Crippen molar-refractivity contribution in [2.75, 3.05) is 24.9 Å². The van der Waals surface area contributed by atoms with Crippen molar-refractivity contribution in [3.8, 4) is 17.6 Å².